The molecule has 0 N–H and O–H groups in total. The minimum atomic E-state index is 0.0197. The molecule has 1 atom stereocenters. The summed E-state index contributed by atoms with van der Waals surface area (Å²) in [5.41, 5.74) is 2.11. The van der Waals surface area contributed by atoms with Crippen LogP contribution in [0.2, 0.25) is 5.02 Å². The second-order valence-corrected chi connectivity index (χ2v) is 5.93. The lowest BCUT2D eigenvalue weighted by Gasteiger charge is -2.25. The van der Waals surface area contributed by atoms with Crippen molar-refractivity contribution in [3.8, 4) is 0 Å². The fourth-order valence-electron chi connectivity index (χ4n) is 1.89. The first-order valence-corrected chi connectivity index (χ1v) is 7.33. The molecule has 2 rings (SSSR count). The van der Waals surface area contributed by atoms with Gasteiger partial charge in [-0.3, -0.25) is 4.79 Å². The molecule has 0 aliphatic heterocycles. The molecule has 1 aromatic heterocycles. The molecule has 0 radical (unpaired) electrons. The average Bonchev–Trinajstić information content (AvgIpc) is 2.83. The lowest BCUT2D eigenvalue weighted by atomic mass is 10.1. The molecule has 0 saturated heterocycles. The van der Waals surface area contributed by atoms with Crippen LogP contribution in [-0.4, -0.2) is 17.9 Å². The molecule has 19 heavy (non-hydrogen) atoms. The molecule has 0 aliphatic carbocycles. The maximum Gasteiger partial charge on any atom is 0.264 e. The van der Waals surface area contributed by atoms with E-state index in [0.717, 1.165) is 16.0 Å². The first-order chi connectivity index (χ1) is 9.00. The van der Waals surface area contributed by atoms with Crippen LogP contribution in [-0.2, 0) is 0 Å². The summed E-state index contributed by atoms with van der Waals surface area (Å²) in [6, 6.07) is 9.60. The van der Waals surface area contributed by atoms with Crippen LogP contribution in [0.5, 0.6) is 0 Å². The van der Waals surface area contributed by atoms with Crippen LogP contribution < -0.4 is 0 Å². The van der Waals surface area contributed by atoms with Crippen LogP contribution in [0.4, 0.5) is 0 Å². The monoisotopic (exact) mass is 293 g/mol. The summed E-state index contributed by atoms with van der Waals surface area (Å²) >= 11 is 7.37. The molecule has 1 amide bonds. The van der Waals surface area contributed by atoms with Crippen molar-refractivity contribution in [1.29, 1.82) is 0 Å². The third-order valence-corrected chi connectivity index (χ3v) is 4.57. The first-order valence-electron chi connectivity index (χ1n) is 6.07. The Bertz CT molecular complexity index is 576. The molecule has 2 aromatic rings. The van der Waals surface area contributed by atoms with Gasteiger partial charge in [0.25, 0.3) is 5.91 Å². The van der Waals surface area contributed by atoms with Crippen molar-refractivity contribution in [2.45, 2.75) is 19.9 Å². The molecule has 0 saturated carbocycles. The highest BCUT2D eigenvalue weighted by atomic mass is 35.5. The summed E-state index contributed by atoms with van der Waals surface area (Å²) in [5, 5.41) is 2.66. The molecule has 100 valence electrons. The van der Waals surface area contributed by atoms with E-state index in [4.69, 9.17) is 11.6 Å². The Balaban J connectivity index is 2.19. The predicted octanol–water partition coefficient (Wildman–Crippen LogP) is 4.54. The summed E-state index contributed by atoms with van der Waals surface area (Å²) in [6.45, 7) is 3.98. The standard InChI is InChI=1S/C15H16ClNOS/c1-10-8-9-19-14(10)15(18)17(3)11(2)12-4-6-13(16)7-5-12/h4-9,11H,1-3H3. The Morgan fingerprint density at radius 3 is 2.42 bits per heavy atom. The highest BCUT2D eigenvalue weighted by Crippen LogP contribution is 2.25. The van der Waals surface area contributed by atoms with Crippen LogP contribution in [0.15, 0.2) is 35.7 Å². The fraction of sp³-hybridized carbons (Fsp3) is 0.267. The molecule has 2 nitrogen and oxygen atoms in total. The summed E-state index contributed by atoms with van der Waals surface area (Å²) in [7, 11) is 1.83. The fourth-order valence-corrected chi connectivity index (χ4v) is 2.93. The molecule has 1 heterocycles. The molecular weight excluding hydrogens is 278 g/mol. The van der Waals surface area contributed by atoms with Gasteiger partial charge in [0.05, 0.1) is 10.9 Å². The quantitative estimate of drug-likeness (QED) is 0.813. The van der Waals surface area contributed by atoms with Gasteiger partial charge in [-0.15, -0.1) is 11.3 Å². The van der Waals surface area contributed by atoms with E-state index in [1.165, 1.54) is 11.3 Å². The second-order valence-electron chi connectivity index (χ2n) is 4.58. The summed E-state index contributed by atoms with van der Waals surface area (Å²) < 4.78 is 0. The van der Waals surface area contributed by atoms with Gasteiger partial charge < -0.3 is 4.90 Å². The molecular formula is C15H16ClNOS. The van der Waals surface area contributed by atoms with Crippen LogP contribution in [0.25, 0.3) is 0 Å². The molecule has 1 unspecified atom stereocenters. The number of nitrogens with zero attached hydrogens (tertiary/aromatic N) is 1. The van der Waals surface area contributed by atoms with Gasteiger partial charge in [-0.05, 0) is 48.6 Å². The Hall–Kier alpha value is -1.32. The van der Waals surface area contributed by atoms with Gasteiger partial charge in [0.15, 0.2) is 0 Å². The van der Waals surface area contributed by atoms with Crippen LogP contribution >= 0.6 is 22.9 Å². The van der Waals surface area contributed by atoms with Gasteiger partial charge >= 0.3 is 0 Å². The molecule has 0 aliphatic rings. The summed E-state index contributed by atoms with van der Waals surface area (Å²) in [6.07, 6.45) is 0. The van der Waals surface area contributed by atoms with Gasteiger partial charge in [-0.25, -0.2) is 0 Å². The largest absolute Gasteiger partial charge is 0.334 e. The SMILES string of the molecule is Cc1ccsc1C(=O)N(C)C(C)c1ccc(Cl)cc1. The van der Waals surface area contributed by atoms with Crippen molar-refractivity contribution in [1.82, 2.24) is 4.90 Å². The van der Waals surface area contributed by atoms with Gasteiger partial charge in [0.1, 0.15) is 0 Å². The maximum absolute atomic E-state index is 12.4. The topological polar surface area (TPSA) is 20.3 Å². The van der Waals surface area contributed by atoms with Crippen LogP contribution in [0.1, 0.15) is 33.8 Å². The highest BCUT2D eigenvalue weighted by Gasteiger charge is 2.21. The van der Waals surface area contributed by atoms with E-state index < -0.39 is 0 Å². The number of hydrogen-bond acceptors (Lipinski definition) is 2. The van der Waals surface area contributed by atoms with E-state index in [0.29, 0.717) is 5.02 Å². The van der Waals surface area contributed by atoms with Crippen molar-refractivity contribution >= 4 is 28.8 Å². The lowest BCUT2D eigenvalue weighted by molar-refractivity contribution is 0.0747. The van der Waals surface area contributed by atoms with Crippen molar-refractivity contribution in [2.24, 2.45) is 0 Å². The van der Waals surface area contributed by atoms with Crippen molar-refractivity contribution in [3.05, 3.63) is 56.7 Å². The third-order valence-electron chi connectivity index (χ3n) is 3.31. The van der Waals surface area contributed by atoms with Crippen molar-refractivity contribution in [3.63, 3.8) is 0 Å². The zero-order chi connectivity index (χ0) is 14.0. The second kappa shape index (κ2) is 5.76. The Morgan fingerprint density at radius 2 is 1.89 bits per heavy atom. The number of carbonyl (C=O) groups excluding carboxylic acids is 1. The molecule has 1 aromatic carbocycles. The predicted molar refractivity (Wildman–Crippen MR) is 81.0 cm³/mol. The van der Waals surface area contributed by atoms with E-state index in [-0.39, 0.29) is 11.9 Å². The summed E-state index contributed by atoms with van der Waals surface area (Å²) in [4.78, 5) is 15.0. The lowest BCUT2D eigenvalue weighted by Crippen LogP contribution is -2.29. The number of thiophene rings is 1. The molecule has 0 spiro atoms. The number of halogens is 1. The molecule has 4 heteroatoms. The average molecular weight is 294 g/mol. The number of aryl methyl sites for hydroxylation is 1. The minimum absolute atomic E-state index is 0.0197. The van der Waals surface area contributed by atoms with E-state index in [9.17, 15) is 4.79 Å². The van der Waals surface area contributed by atoms with E-state index in [1.54, 1.807) is 4.90 Å². The van der Waals surface area contributed by atoms with Gasteiger partial charge in [0, 0.05) is 12.1 Å². The van der Waals surface area contributed by atoms with Gasteiger partial charge in [-0.2, -0.15) is 0 Å². The number of hydrogen-bond donors (Lipinski definition) is 0. The van der Waals surface area contributed by atoms with Gasteiger partial charge in [-0.1, -0.05) is 23.7 Å². The number of amides is 1. The minimum Gasteiger partial charge on any atom is -0.334 e. The smallest absolute Gasteiger partial charge is 0.264 e. The third kappa shape index (κ3) is 2.99. The van der Waals surface area contributed by atoms with E-state index in [1.807, 2.05) is 56.6 Å². The number of benzene rings is 1. The summed E-state index contributed by atoms with van der Waals surface area (Å²) in [5.74, 6) is 0.0648. The normalized spacial score (nSPS) is 12.2. The van der Waals surface area contributed by atoms with Crippen LogP contribution in [0.3, 0.4) is 0 Å². The van der Waals surface area contributed by atoms with Crippen LogP contribution in [0, 0.1) is 6.92 Å². The molecule has 0 bridgehead atoms. The Morgan fingerprint density at radius 1 is 1.26 bits per heavy atom. The maximum atomic E-state index is 12.4. The highest BCUT2D eigenvalue weighted by molar-refractivity contribution is 7.12. The Kier molecular flexibility index (Phi) is 4.27. The van der Waals surface area contributed by atoms with Crippen molar-refractivity contribution in [2.75, 3.05) is 7.05 Å². The number of rotatable bonds is 3. The molecule has 0 fully saturated rings. The van der Waals surface area contributed by atoms with Gasteiger partial charge in [0.2, 0.25) is 0 Å². The first kappa shape index (κ1) is 14.1. The number of carbonyl (C=O) groups is 1. The van der Waals surface area contributed by atoms with Crippen molar-refractivity contribution < 1.29 is 4.79 Å². The zero-order valence-corrected chi connectivity index (χ0v) is 12.8. The Labute approximate surface area is 122 Å². The van der Waals surface area contributed by atoms with E-state index in [2.05, 4.69) is 0 Å². The van der Waals surface area contributed by atoms with E-state index >= 15 is 0 Å². The zero-order valence-electron chi connectivity index (χ0n) is 11.2.